The Labute approximate surface area is 187 Å². The second-order valence-electron chi connectivity index (χ2n) is 8.75. The molecule has 0 aromatic carbocycles. The first-order valence-electron chi connectivity index (χ1n) is 10.7. The van der Waals surface area contributed by atoms with E-state index >= 15 is 0 Å². The van der Waals surface area contributed by atoms with Crippen molar-refractivity contribution >= 4 is 34.1 Å². The molecule has 8 nitrogen and oxygen atoms in total. The lowest BCUT2D eigenvalue weighted by Crippen LogP contribution is -2.35. The minimum absolute atomic E-state index is 0.0702. The fraction of sp³-hybridized carbons (Fsp3) is 0.545. The molecule has 2 amide bonds. The van der Waals surface area contributed by atoms with Gasteiger partial charge in [0.1, 0.15) is 5.82 Å². The van der Waals surface area contributed by atoms with E-state index in [2.05, 4.69) is 27.4 Å². The Morgan fingerprint density at radius 3 is 2.74 bits per heavy atom. The summed E-state index contributed by atoms with van der Waals surface area (Å²) in [6, 6.07) is 2.26. The number of hydrogen-bond acceptors (Lipinski definition) is 7. The number of thiazole rings is 1. The molecule has 0 bridgehead atoms. The van der Waals surface area contributed by atoms with Crippen LogP contribution in [0.4, 0.5) is 10.9 Å². The third-order valence-corrected chi connectivity index (χ3v) is 6.97. The minimum atomic E-state index is -0.149. The van der Waals surface area contributed by atoms with Gasteiger partial charge < -0.3 is 20.4 Å². The Balaban J connectivity index is 1.70. The molecule has 1 aliphatic carbocycles. The first-order valence-corrected chi connectivity index (χ1v) is 11.5. The van der Waals surface area contributed by atoms with Crippen molar-refractivity contribution in [2.45, 2.75) is 46.2 Å². The zero-order chi connectivity index (χ0) is 22.3. The molecule has 1 fully saturated rings. The Kier molecular flexibility index (Phi) is 5.98. The maximum absolute atomic E-state index is 13.3. The smallest absolute Gasteiger partial charge is 0.258 e. The van der Waals surface area contributed by atoms with Crippen LogP contribution >= 0.6 is 11.3 Å². The summed E-state index contributed by atoms with van der Waals surface area (Å²) >= 11 is 1.41. The van der Waals surface area contributed by atoms with Gasteiger partial charge in [-0.2, -0.15) is 0 Å². The van der Waals surface area contributed by atoms with Crippen molar-refractivity contribution in [3.05, 3.63) is 22.9 Å². The zero-order valence-corrected chi connectivity index (χ0v) is 19.6. The molecule has 4 rings (SSSR count). The third-order valence-electron chi connectivity index (χ3n) is 5.88. The van der Waals surface area contributed by atoms with Crippen LogP contribution in [0.3, 0.4) is 0 Å². The van der Waals surface area contributed by atoms with Gasteiger partial charge in [-0.15, -0.1) is 0 Å². The number of nitrogens with zero attached hydrogens (tertiary/aromatic N) is 4. The second kappa shape index (κ2) is 8.55. The summed E-state index contributed by atoms with van der Waals surface area (Å²) in [5.41, 5.74) is 3.29. The second-order valence-corrected chi connectivity index (χ2v) is 9.75. The van der Waals surface area contributed by atoms with Crippen LogP contribution in [0.2, 0.25) is 0 Å². The number of aryl methyl sites for hydroxylation is 1. The van der Waals surface area contributed by atoms with Crippen LogP contribution in [-0.2, 0) is 11.3 Å². The van der Waals surface area contributed by atoms with Crippen molar-refractivity contribution in [3.8, 4) is 10.6 Å². The molecule has 0 saturated heterocycles. The molecule has 3 heterocycles. The van der Waals surface area contributed by atoms with Crippen LogP contribution in [-0.4, -0.2) is 64.8 Å². The van der Waals surface area contributed by atoms with Crippen molar-refractivity contribution in [2.75, 3.05) is 37.8 Å². The summed E-state index contributed by atoms with van der Waals surface area (Å²) in [5, 5.41) is 6.71. The lowest BCUT2D eigenvalue weighted by atomic mass is 10.1. The third kappa shape index (κ3) is 4.57. The van der Waals surface area contributed by atoms with Crippen LogP contribution in [0.25, 0.3) is 10.6 Å². The van der Waals surface area contributed by atoms with E-state index < -0.39 is 0 Å². The first-order chi connectivity index (χ1) is 14.7. The summed E-state index contributed by atoms with van der Waals surface area (Å²) in [5.74, 6) is 1.17. The highest BCUT2D eigenvalue weighted by Crippen LogP contribution is 2.41. The summed E-state index contributed by atoms with van der Waals surface area (Å²) in [6.45, 7) is 7.68. The van der Waals surface area contributed by atoms with Crippen LogP contribution < -0.4 is 10.6 Å². The maximum Gasteiger partial charge on any atom is 0.258 e. The van der Waals surface area contributed by atoms with Gasteiger partial charge in [0.15, 0.2) is 5.13 Å². The number of carbonyl (C=O) groups is 2. The largest absolute Gasteiger partial charge is 0.368 e. The molecular formula is C22H30N6O2S. The van der Waals surface area contributed by atoms with Gasteiger partial charge in [0.2, 0.25) is 5.91 Å². The summed E-state index contributed by atoms with van der Waals surface area (Å²) in [7, 11) is 4.04. The number of hydrogen-bond donors (Lipinski definition) is 2. The van der Waals surface area contributed by atoms with Gasteiger partial charge in [-0.3, -0.25) is 9.59 Å². The highest BCUT2D eigenvalue weighted by Gasteiger charge is 2.40. The van der Waals surface area contributed by atoms with Gasteiger partial charge in [-0.1, -0.05) is 11.3 Å². The Morgan fingerprint density at radius 2 is 2.10 bits per heavy atom. The quantitative estimate of drug-likeness (QED) is 0.653. The number of anilines is 2. The van der Waals surface area contributed by atoms with Gasteiger partial charge in [0.05, 0.1) is 21.8 Å². The van der Waals surface area contributed by atoms with Gasteiger partial charge in [0.25, 0.3) is 5.91 Å². The number of aromatic nitrogens is 2. The molecule has 0 radical (unpaired) electrons. The number of carbonyl (C=O) groups excluding carboxylic acids is 2. The van der Waals surface area contributed by atoms with Crippen molar-refractivity contribution in [1.82, 2.24) is 19.8 Å². The molecule has 2 aromatic heterocycles. The molecule has 2 aliphatic rings. The fourth-order valence-corrected chi connectivity index (χ4v) is 4.98. The van der Waals surface area contributed by atoms with E-state index in [1.807, 2.05) is 32.0 Å². The van der Waals surface area contributed by atoms with E-state index in [0.717, 1.165) is 28.4 Å². The molecule has 1 aliphatic heterocycles. The number of amides is 2. The molecule has 31 heavy (non-hydrogen) atoms. The lowest BCUT2D eigenvalue weighted by Gasteiger charge is -2.24. The molecule has 1 atom stereocenters. The average molecular weight is 443 g/mol. The molecule has 2 N–H and O–H groups in total. The number of fused-ring (bicyclic) bond motifs is 1. The first kappa shape index (κ1) is 21.7. The predicted molar refractivity (Wildman–Crippen MR) is 123 cm³/mol. The summed E-state index contributed by atoms with van der Waals surface area (Å²) < 4.78 is 0. The molecular weight excluding hydrogens is 412 g/mol. The van der Waals surface area contributed by atoms with Crippen LogP contribution in [0, 0.1) is 12.8 Å². The van der Waals surface area contributed by atoms with Gasteiger partial charge in [-0.05, 0) is 58.3 Å². The van der Waals surface area contributed by atoms with Gasteiger partial charge in [0, 0.05) is 32.6 Å². The van der Waals surface area contributed by atoms with E-state index in [-0.39, 0.29) is 17.9 Å². The van der Waals surface area contributed by atoms with Crippen LogP contribution in [0.15, 0.2) is 6.07 Å². The van der Waals surface area contributed by atoms with E-state index in [4.69, 9.17) is 4.98 Å². The van der Waals surface area contributed by atoms with Gasteiger partial charge in [-0.25, -0.2) is 9.97 Å². The van der Waals surface area contributed by atoms with Crippen LogP contribution in [0.5, 0.6) is 0 Å². The number of likely N-dealkylation sites (N-methyl/N-ethyl adjacent to an activating group) is 1. The van der Waals surface area contributed by atoms with E-state index in [1.54, 1.807) is 0 Å². The highest BCUT2D eigenvalue weighted by atomic mass is 32.1. The minimum Gasteiger partial charge on any atom is -0.368 e. The highest BCUT2D eigenvalue weighted by molar-refractivity contribution is 7.19. The van der Waals surface area contributed by atoms with Crippen LogP contribution in [0.1, 0.15) is 48.3 Å². The molecule has 166 valence electrons. The molecule has 0 spiro atoms. The average Bonchev–Trinajstić information content (AvgIpc) is 3.40. The Bertz CT molecular complexity index is 1010. The van der Waals surface area contributed by atoms with Crippen molar-refractivity contribution < 1.29 is 9.59 Å². The predicted octanol–water partition coefficient (Wildman–Crippen LogP) is 3.20. The maximum atomic E-state index is 13.3. The van der Waals surface area contributed by atoms with Crippen molar-refractivity contribution in [1.29, 1.82) is 0 Å². The number of pyridine rings is 1. The molecule has 0 unspecified atom stereocenters. The van der Waals surface area contributed by atoms with E-state index in [0.29, 0.717) is 35.5 Å². The molecule has 9 heteroatoms. The van der Waals surface area contributed by atoms with Crippen molar-refractivity contribution in [2.24, 2.45) is 5.92 Å². The monoisotopic (exact) mass is 442 g/mol. The number of rotatable bonds is 8. The molecule has 1 saturated carbocycles. The van der Waals surface area contributed by atoms with Gasteiger partial charge >= 0.3 is 0 Å². The van der Waals surface area contributed by atoms with Crippen molar-refractivity contribution in [3.63, 3.8) is 0 Å². The topological polar surface area (TPSA) is 90.5 Å². The zero-order valence-electron chi connectivity index (χ0n) is 18.8. The lowest BCUT2D eigenvalue weighted by molar-refractivity contribution is -0.114. The molecule has 2 aromatic rings. The number of nitrogens with one attached hydrogen (secondary N) is 2. The summed E-state index contributed by atoms with van der Waals surface area (Å²) in [6.07, 6.45) is 2.40. The standard InChI is InChI=1S/C22H30N6O2S/c1-12-19(31-22(24-12)25-14(3)29)17-10-16-11-28(13(2)15-6-7-15)21(30)18(16)20(26-17)23-8-9-27(4)5/h10,13,15H,6-9,11H2,1-5H3,(H,23,26)(H,24,25,29)/t13-/m0/s1. The fourth-order valence-electron chi connectivity index (χ4n) is 4.00. The Morgan fingerprint density at radius 1 is 1.35 bits per heavy atom. The normalized spacial score (nSPS) is 16.6. The summed E-state index contributed by atoms with van der Waals surface area (Å²) in [4.78, 5) is 39.0. The van der Waals surface area contributed by atoms with E-state index in [9.17, 15) is 9.59 Å². The van der Waals surface area contributed by atoms with E-state index in [1.165, 1.54) is 31.1 Å². The SMILES string of the molecule is CC(=O)Nc1nc(C)c(-c2cc3c(c(NCCN(C)C)n2)C(=O)N([C@@H](C)C2CC2)C3)s1. The Hall–Kier alpha value is -2.52.